The summed E-state index contributed by atoms with van der Waals surface area (Å²) >= 11 is 0. The van der Waals surface area contributed by atoms with Gasteiger partial charge in [0.15, 0.2) is 5.82 Å². The Kier molecular flexibility index (Phi) is 2.75. The molecule has 3 aromatic rings. The van der Waals surface area contributed by atoms with Gasteiger partial charge in [-0.3, -0.25) is 0 Å². The van der Waals surface area contributed by atoms with Gasteiger partial charge in [0.25, 0.3) is 0 Å². The topological polar surface area (TPSA) is 64.9 Å². The molecule has 0 amide bonds. The third-order valence-electron chi connectivity index (χ3n) is 2.90. The maximum atomic E-state index is 5.39. The summed E-state index contributed by atoms with van der Waals surface area (Å²) in [6, 6.07) is 7.94. The van der Waals surface area contributed by atoms with Gasteiger partial charge in [-0.15, -0.1) is 0 Å². The van der Waals surface area contributed by atoms with Gasteiger partial charge in [-0.1, -0.05) is 18.2 Å². The quantitative estimate of drug-likeness (QED) is 0.774. The molecule has 2 aromatic heterocycles. The Bertz CT molecular complexity index is 722. The molecule has 2 heterocycles. The van der Waals surface area contributed by atoms with Gasteiger partial charge in [-0.05, 0) is 6.07 Å². The molecule has 0 saturated carbocycles. The second kappa shape index (κ2) is 4.56. The molecule has 0 aliphatic carbocycles. The van der Waals surface area contributed by atoms with E-state index in [9.17, 15) is 0 Å². The van der Waals surface area contributed by atoms with Crippen LogP contribution in [0.1, 0.15) is 0 Å². The summed E-state index contributed by atoms with van der Waals surface area (Å²) in [7, 11) is 3.38. The molecule has 0 unspecified atom stereocenters. The van der Waals surface area contributed by atoms with Crippen molar-refractivity contribution in [3.05, 3.63) is 36.8 Å². The predicted octanol–water partition coefficient (Wildman–Crippen LogP) is 1.87. The van der Waals surface area contributed by atoms with E-state index in [0.29, 0.717) is 17.4 Å². The molecule has 0 bridgehead atoms. The van der Waals surface area contributed by atoms with Crippen molar-refractivity contribution < 1.29 is 4.74 Å². The molecular formula is C13H13N5O. The largest absolute Gasteiger partial charge is 0.490 e. The Morgan fingerprint density at radius 3 is 2.84 bits per heavy atom. The van der Waals surface area contributed by atoms with E-state index >= 15 is 0 Å². The van der Waals surface area contributed by atoms with Gasteiger partial charge in [0.1, 0.15) is 6.33 Å². The Labute approximate surface area is 110 Å². The zero-order chi connectivity index (χ0) is 13.2. The second-order valence-corrected chi connectivity index (χ2v) is 3.94. The summed E-state index contributed by atoms with van der Waals surface area (Å²) in [4.78, 5) is 8.41. The number of methoxy groups -OCH3 is 1. The second-order valence-electron chi connectivity index (χ2n) is 3.94. The Morgan fingerprint density at radius 2 is 2.05 bits per heavy atom. The highest BCUT2D eigenvalue weighted by Crippen LogP contribution is 2.29. The zero-order valence-electron chi connectivity index (χ0n) is 10.7. The molecule has 19 heavy (non-hydrogen) atoms. The Morgan fingerprint density at radius 1 is 1.21 bits per heavy atom. The lowest BCUT2D eigenvalue weighted by atomic mass is 10.2. The van der Waals surface area contributed by atoms with Gasteiger partial charge in [0.2, 0.25) is 11.6 Å². The standard InChI is InChI=1S/C13H13N5O/c1-14-12-11(19-2)13(16-8-15-12)18-10-6-4-3-5-9(10)7-17-18/h3-8H,1-2H3,(H,14,15,16). The molecule has 0 saturated heterocycles. The summed E-state index contributed by atoms with van der Waals surface area (Å²) < 4.78 is 7.14. The lowest BCUT2D eigenvalue weighted by Crippen LogP contribution is -2.06. The van der Waals surface area contributed by atoms with Crippen molar-refractivity contribution in [1.82, 2.24) is 19.7 Å². The van der Waals surface area contributed by atoms with Crippen molar-refractivity contribution in [2.75, 3.05) is 19.5 Å². The van der Waals surface area contributed by atoms with E-state index in [1.165, 1.54) is 6.33 Å². The average molecular weight is 255 g/mol. The van der Waals surface area contributed by atoms with Crippen molar-refractivity contribution in [3.8, 4) is 11.6 Å². The minimum Gasteiger partial charge on any atom is -0.490 e. The minimum atomic E-state index is 0.568. The molecule has 0 radical (unpaired) electrons. The van der Waals surface area contributed by atoms with E-state index in [1.54, 1.807) is 25.0 Å². The highest BCUT2D eigenvalue weighted by atomic mass is 16.5. The third-order valence-corrected chi connectivity index (χ3v) is 2.90. The number of benzene rings is 1. The normalized spacial score (nSPS) is 10.6. The van der Waals surface area contributed by atoms with E-state index < -0.39 is 0 Å². The summed E-state index contributed by atoms with van der Waals surface area (Å²) in [5.41, 5.74) is 0.974. The van der Waals surface area contributed by atoms with Crippen molar-refractivity contribution in [2.24, 2.45) is 0 Å². The summed E-state index contributed by atoms with van der Waals surface area (Å²) in [6.45, 7) is 0. The van der Waals surface area contributed by atoms with Crippen LogP contribution >= 0.6 is 0 Å². The van der Waals surface area contributed by atoms with Crippen molar-refractivity contribution in [1.29, 1.82) is 0 Å². The lowest BCUT2D eigenvalue weighted by Gasteiger charge is -2.11. The first-order valence-corrected chi connectivity index (χ1v) is 5.85. The first-order chi connectivity index (χ1) is 9.35. The monoisotopic (exact) mass is 255 g/mol. The fraction of sp³-hybridized carbons (Fsp3) is 0.154. The number of hydrogen-bond acceptors (Lipinski definition) is 5. The van der Waals surface area contributed by atoms with Gasteiger partial charge >= 0.3 is 0 Å². The van der Waals surface area contributed by atoms with Gasteiger partial charge in [-0.25, -0.2) is 14.6 Å². The van der Waals surface area contributed by atoms with E-state index in [0.717, 1.165) is 10.9 Å². The number of aromatic nitrogens is 4. The van der Waals surface area contributed by atoms with E-state index in [-0.39, 0.29) is 0 Å². The van der Waals surface area contributed by atoms with Crippen LogP contribution in [0.5, 0.6) is 5.75 Å². The van der Waals surface area contributed by atoms with Crippen LogP contribution in [0.2, 0.25) is 0 Å². The fourth-order valence-corrected chi connectivity index (χ4v) is 2.02. The van der Waals surface area contributed by atoms with E-state index in [2.05, 4.69) is 20.4 Å². The minimum absolute atomic E-state index is 0.568. The number of fused-ring (bicyclic) bond motifs is 1. The van der Waals surface area contributed by atoms with Gasteiger partial charge in [-0.2, -0.15) is 5.10 Å². The molecule has 3 rings (SSSR count). The number of para-hydroxylation sites is 1. The van der Waals surface area contributed by atoms with Gasteiger partial charge < -0.3 is 10.1 Å². The van der Waals surface area contributed by atoms with Crippen molar-refractivity contribution >= 4 is 16.7 Å². The SMILES string of the molecule is CNc1ncnc(-n2ncc3ccccc32)c1OC. The smallest absolute Gasteiger partial charge is 0.206 e. The van der Waals surface area contributed by atoms with Crippen LogP contribution in [0.15, 0.2) is 36.8 Å². The van der Waals surface area contributed by atoms with Crippen LogP contribution in [-0.4, -0.2) is 33.9 Å². The van der Waals surface area contributed by atoms with Crippen molar-refractivity contribution in [2.45, 2.75) is 0 Å². The Hall–Kier alpha value is -2.63. The van der Waals surface area contributed by atoms with Gasteiger partial charge in [0, 0.05) is 12.4 Å². The number of anilines is 1. The van der Waals surface area contributed by atoms with Crippen LogP contribution in [-0.2, 0) is 0 Å². The van der Waals surface area contributed by atoms with Gasteiger partial charge in [0.05, 0.1) is 18.8 Å². The molecule has 0 aliphatic heterocycles. The molecule has 1 N–H and O–H groups in total. The molecule has 96 valence electrons. The molecule has 0 spiro atoms. The molecule has 0 atom stereocenters. The maximum absolute atomic E-state index is 5.39. The maximum Gasteiger partial charge on any atom is 0.206 e. The number of nitrogens with one attached hydrogen (secondary N) is 1. The molecule has 1 aromatic carbocycles. The first-order valence-electron chi connectivity index (χ1n) is 5.85. The number of hydrogen-bond donors (Lipinski definition) is 1. The van der Waals surface area contributed by atoms with Crippen molar-refractivity contribution in [3.63, 3.8) is 0 Å². The van der Waals surface area contributed by atoms with Crippen LogP contribution in [0, 0.1) is 0 Å². The summed E-state index contributed by atoms with van der Waals surface area (Å²) in [6.07, 6.45) is 3.29. The predicted molar refractivity (Wildman–Crippen MR) is 72.8 cm³/mol. The van der Waals surface area contributed by atoms with E-state index in [4.69, 9.17) is 4.74 Å². The average Bonchev–Trinajstić information content (AvgIpc) is 2.90. The van der Waals surface area contributed by atoms with Crippen LogP contribution in [0.4, 0.5) is 5.82 Å². The highest BCUT2D eigenvalue weighted by molar-refractivity contribution is 5.80. The van der Waals surface area contributed by atoms with Crippen LogP contribution < -0.4 is 10.1 Å². The Balaban J connectivity index is 2.27. The number of rotatable bonds is 3. The molecule has 0 aliphatic rings. The first kappa shape index (κ1) is 11.5. The molecule has 6 nitrogen and oxygen atoms in total. The number of nitrogens with zero attached hydrogens (tertiary/aromatic N) is 4. The number of ether oxygens (including phenoxy) is 1. The van der Waals surface area contributed by atoms with Crippen LogP contribution in [0.25, 0.3) is 16.7 Å². The summed E-state index contributed by atoms with van der Waals surface area (Å²) in [5, 5.41) is 8.40. The van der Waals surface area contributed by atoms with Crippen LogP contribution in [0.3, 0.4) is 0 Å². The fourth-order valence-electron chi connectivity index (χ4n) is 2.02. The lowest BCUT2D eigenvalue weighted by molar-refractivity contribution is 0.409. The zero-order valence-corrected chi connectivity index (χ0v) is 10.7. The van der Waals surface area contributed by atoms with E-state index in [1.807, 2.05) is 24.3 Å². The highest BCUT2D eigenvalue weighted by Gasteiger charge is 2.15. The third kappa shape index (κ3) is 1.77. The molecular weight excluding hydrogens is 242 g/mol. The molecule has 0 fully saturated rings. The molecule has 6 heteroatoms. The summed E-state index contributed by atoms with van der Waals surface area (Å²) in [5.74, 6) is 1.81.